The lowest BCUT2D eigenvalue weighted by molar-refractivity contribution is -0.137. The Morgan fingerprint density at radius 3 is 2.26 bits per heavy atom. The molecule has 0 aromatic rings. The summed E-state index contributed by atoms with van der Waals surface area (Å²) in [5.74, 6) is -1.15. The van der Waals surface area contributed by atoms with Gasteiger partial charge in [0.15, 0.2) is 0 Å². The molecule has 19 heavy (non-hydrogen) atoms. The van der Waals surface area contributed by atoms with E-state index in [9.17, 15) is 14.4 Å². The molecule has 3 amide bonds. The summed E-state index contributed by atoms with van der Waals surface area (Å²) in [5, 5.41) is 13.8. The number of urea groups is 1. The second-order valence-corrected chi connectivity index (χ2v) is 4.90. The first-order chi connectivity index (χ1) is 8.71. The van der Waals surface area contributed by atoms with Crippen LogP contribution in [0.1, 0.15) is 33.6 Å². The lowest BCUT2D eigenvalue weighted by Gasteiger charge is -2.30. The largest absolute Gasteiger partial charge is 0.481 e. The zero-order valence-corrected chi connectivity index (χ0v) is 11.9. The van der Waals surface area contributed by atoms with Gasteiger partial charge in [-0.05, 0) is 27.2 Å². The van der Waals surface area contributed by atoms with Crippen molar-refractivity contribution >= 4 is 17.9 Å². The smallest absolute Gasteiger partial charge is 0.318 e. The molecular formula is C12H23N3O4. The van der Waals surface area contributed by atoms with Crippen LogP contribution in [0.15, 0.2) is 0 Å². The van der Waals surface area contributed by atoms with Gasteiger partial charge in [-0.3, -0.25) is 9.59 Å². The lowest BCUT2D eigenvalue weighted by atomic mass is 9.99. The number of amides is 3. The summed E-state index contributed by atoms with van der Waals surface area (Å²) in [6.45, 7) is 5.65. The molecule has 0 atom stereocenters. The van der Waals surface area contributed by atoms with Gasteiger partial charge in [-0.2, -0.15) is 0 Å². The minimum atomic E-state index is -0.903. The van der Waals surface area contributed by atoms with Crippen molar-refractivity contribution in [2.45, 2.75) is 39.2 Å². The zero-order chi connectivity index (χ0) is 15.1. The predicted octanol–water partition coefficient (Wildman–Crippen LogP) is 0.407. The second-order valence-electron chi connectivity index (χ2n) is 4.90. The third-order valence-corrected chi connectivity index (χ3v) is 2.69. The van der Waals surface area contributed by atoms with E-state index in [0.717, 1.165) is 0 Å². The van der Waals surface area contributed by atoms with E-state index >= 15 is 0 Å². The summed E-state index contributed by atoms with van der Waals surface area (Å²) in [7, 11) is 1.50. The van der Waals surface area contributed by atoms with E-state index in [0.29, 0.717) is 13.0 Å². The van der Waals surface area contributed by atoms with Gasteiger partial charge in [0.2, 0.25) is 5.91 Å². The van der Waals surface area contributed by atoms with Gasteiger partial charge < -0.3 is 20.6 Å². The normalized spacial score (nSPS) is 10.7. The highest BCUT2D eigenvalue weighted by molar-refractivity contribution is 5.84. The Balaban J connectivity index is 4.45. The van der Waals surface area contributed by atoms with Gasteiger partial charge in [-0.1, -0.05) is 0 Å². The Kier molecular flexibility index (Phi) is 6.89. The topological polar surface area (TPSA) is 98.7 Å². The maximum Gasteiger partial charge on any atom is 0.318 e. The van der Waals surface area contributed by atoms with E-state index in [1.165, 1.54) is 11.9 Å². The molecular weight excluding hydrogens is 250 g/mol. The number of rotatable bonds is 7. The van der Waals surface area contributed by atoms with Crippen molar-refractivity contribution in [3.63, 3.8) is 0 Å². The maximum absolute atomic E-state index is 12.0. The van der Waals surface area contributed by atoms with Crippen LogP contribution >= 0.6 is 0 Å². The minimum absolute atomic E-state index is 0.0190. The monoisotopic (exact) mass is 273 g/mol. The summed E-state index contributed by atoms with van der Waals surface area (Å²) < 4.78 is 0. The van der Waals surface area contributed by atoms with Crippen molar-refractivity contribution in [3.8, 4) is 0 Å². The third-order valence-electron chi connectivity index (χ3n) is 2.69. The number of hydrogen-bond donors (Lipinski definition) is 3. The summed E-state index contributed by atoms with van der Waals surface area (Å²) in [5.41, 5.74) is -0.633. The molecule has 0 rings (SSSR count). The van der Waals surface area contributed by atoms with Gasteiger partial charge in [0.1, 0.15) is 6.54 Å². The fourth-order valence-corrected chi connectivity index (χ4v) is 1.43. The van der Waals surface area contributed by atoms with Crippen LogP contribution < -0.4 is 10.6 Å². The van der Waals surface area contributed by atoms with Crippen LogP contribution in [0.5, 0.6) is 0 Å². The fraction of sp³-hybridized carbons (Fsp3) is 0.750. The van der Waals surface area contributed by atoms with Crippen molar-refractivity contribution in [2.75, 3.05) is 20.1 Å². The number of aliphatic carboxylic acids is 1. The van der Waals surface area contributed by atoms with Crippen molar-refractivity contribution in [2.24, 2.45) is 0 Å². The number of carbonyl (C=O) groups is 3. The number of nitrogens with zero attached hydrogens (tertiary/aromatic N) is 1. The number of hydrogen-bond acceptors (Lipinski definition) is 3. The van der Waals surface area contributed by atoms with Crippen LogP contribution in [0.3, 0.4) is 0 Å². The SMILES string of the molecule is CCN(CC(=O)NC)C(=O)NC(C)(C)CCC(=O)O. The summed E-state index contributed by atoms with van der Waals surface area (Å²) in [4.78, 5) is 35.1. The first-order valence-corrected chi connectivity index (χ1v) is 6.21. The van der Waals surface area contributed by atoms with Crippen LogP contribution in [-0.4, -0.2) is 53.6 Å². The van der Waals surface area contributed by atoms with Gasteiger partial charge in [0.05, 0.1) is 0 Å². The van der Waals surface area contributed by atoms with Crippen LogP contribution in [0.2, 0.25) is 0 Å². The number of likely N-dealkylation sites (N-methyl/N-ethyl adjacent to an activating group) is 2. The molecule has 0 aliphatic rings. The third kappa shape index (κ3) is 7.28. The highest BCUT2D eigenvalue weighted by Crippen LogP contribution is 2.11. The van der Waals surface area contributed by atoms with E-state index in [-0.39, 0.29) is 24.9 Å². The maximum atomic E-state index is 12.0. The molecule has 0 aliphatic heterocycles. The van der Waals surface area contributed by atoms with E-state index in [4.69, 9.17) is 5.11 Å². The van der Waals surface area contributed by atoms with E-state index in [1.54, 1.807) is 20.8 Å². The van der Waals surface area contributed by atoms with Gasteiger partial charge in [-0.15, -0.1) is 0 Å². The van der Waals surface area contributed by atoms with Crippen LogP contribution in [-0.2, 0) is 9.59 Å². The molecule has 0 aromatic carbocycles. The highest BCUT2D eigenvalue weighted by Gasteiger charge is 2.24. The van der Waals surface area contributed by atoms with Gasteiger partial charge in [-0.25, -0.2) is 4.79 Å². The van der Waals surface area contributed by atoms with Crippen molar-refractivity contribution in [3.05, 3.63) is 0 Å². The Morgan fingerprint density at radius 1 is 1.26 bits per heavy atom. The number of carboxylic acids is 1. The number of nitrogens with one attached hydrogen (secondary N) is 2. The van der Waals surface area contributed by atoms with Crippen molar-refractivity contribution < 1.29 is 19.5 Å². The second kappa shape index (κ2) is 7.60. The average Bonchev–Trinajstić information content (AvgIpc) is 2.32. The molecule has 0 saturated heterocycles. The molecule has 3 N–H and O–H groups in total. The molecule has 0 aliphatic carbocycles. The first-order valence-electron chi connectivity index (χ1n) is 6.21. The van der Waals surface area contributed by atoms with E-state index < -0.39 is 11.5 Å². The van der Waals surface area contributed by atoms with Crippen LogP contribution in [0, 0.1) is 0 Å². The predicted molar refractivity (Wildman–Crippen MR) is 70.8 cm³/mol. The Labute approximate surface area is 113 Å². The molecule has 0 radical (unpaired) electrons. The van der Waals surface area contributed by atoms with Gasteiger partial charge in [0, 0.05) is 25.6 Å². The lowest BCUT2D eigenvalue weighted by Crippen LogP contribution is -2.52. The first kappa shape index (κ1) is 17.2. The van der Waals surface area contributed by atoms with Crippen LogP contribution in [0.4, 0.5) is 4.79 Å². The molecule has 0 spiro atoms. The fourth-order valence-electron chi connectivity index (χ4n) is 1.43. The molecule has 0 unspecified atom stereocenters. The summed E-state index contributed by atoms with van der Waals surface area (Å²) >= 11 is 0. The minimum Gasteiger partial charge on any atom is -0.481 e. The molecule has 0 saturated carbocycles. The molecule has 7 nitrogen and oxygen atoms in total. The molecule has 0 bridgehead atoms. The van der Waals surface area contributed by atoms with Crippen LogP contribution in [0.25, 0.3) is 0 Å². The molecule has 7 heteroatoms. The van der Waals surface area contributed by atoms with E-state index in [2.05, 4.69) is 10.6 Å². The summed E-state index contributed by atoms with van der Waals surface area (Å²) in [6, 6.07) is -0.374. The Bertz CT molecular complexity index is 342. The Hall–Kier alpha value is -1.79. The molecule has 0 aromatic heterocycles. The average molecular weight is 273 g/mol. The Morgan fingerprint density at radius 2 is 1.84 bits per heavy atom. The highest BCUT2D eigenvalue weighted by atomic mass is 16.4. The van der Waals surface area contributed by atoms with E-state index in [1.807, 2.05) is 0 Å². The van der Waals surface area contributed by atoms with Crippen molar-refractivity contribution in [1.82, 2.24) is 15.5 Å². The number of carbonyl (C=O) groups excluding carboxylic acids is 2. The molecule has 110 valence electrons. The molecule has 0 fully saturated rings. The summed E-state index contributed by atoms with van der Waals surface area (Å²) in [6.07, 6.45) is 0.306. The van der Waals surface area contributed by atoms with Gasteiger partial charge in [0.25, 0.3) is 0 Å². The molecule has 0 heterocycles. The zero-order valence-electron chi connectivity index (χ0n) is 11.9. The quantitative estimate of drug-likeness (QED) is 0.625. The standard InChI is InChI=1S/C12H23N3O4/c1-5-15(8-9(16)13-4)11(19)14-12(2,3)7-6-10(17)18/h5-8H2,1-4H3,(H,13,16)(H,14,19)(H,17,18). The van der Waals surface area contributed by atoms with Crippen molar-refractivity contribution in [1.29, 1.82) is 0 Å². The van der Waals surface area contributed by atoms with Gasteiger partial charge >= 0.3 is 12.0 Å². The number of carboxylic acid groups (broad SMARTS) is 1.